The number of hydrogen-bond acceptors (Lipinski definition) is 6. The van der Waals surface area contributed by atoms with E-state index in [9.17, 15) is 18.5 Å². The van der Waals surface area contributed by atoms with Crippen LogP contribution in [0.2, 0.25) is 0 Å². The molecule has 0 aliphatic carbocycles. The average Bonchev–Trinajstić information content (AvgIpc) is 1.63. The molecule has 0 aromatic heterocycles. The molecule has 0 saturated carbocycles. The van der Waals surface area contributed by atoms with Crippen LogP contribution in [0.3, 0.4) is 0 Å². The zero-order chi connectivity index (χ0) is 7.49. The van der Waals surface area contributed by atoms with Crippen LogP contribution in [-0.2, 0) is 14.6 Å². The first-order valence-electron chi connectivity index (χ1n) is 1.41. The highest BCUT2D eigenvalue weighted by Crippen LogP contribution is 1.91. The molecule has 0 aliphatic rings. The lowest BCUT2D eigenvalue weighted by Gasteiger charge is -1.85. The van der Waals surface area contributed by atoms with Gasteiger partial charge >= 0.3 is 15.4 Å². The summed E-state index contributed by atoms with van der Waals surface area (Å²) in [5.41, 5.74) is 0. The lowest BCUT2D eigenvalue weighted by atomic mass is 13.1. The van der Waals surface area contributed by atoms with Gasteiger partial charge in [-0.1, -0.05) is 0 Å². The van der Waals surface area contributed by atoms with E-state index in [4.69, 9.17) is 4.91 Å². The molecule has 0 radical (unpaired) electrons. The number of nitroso groups, excluding NO2 is 1. The van der Waals surface area contributed by atoms with Crippen molar-refractivity contribution in [2.24, 2.45) is 4.58 Å². The van der Waals surface area contributed by atoms with Gasteiger partial charge in [-0.3, -0.25) is 0 Å². The first-order chi connectivity index (χ1) is 3.98. The largest absolute Gasteiger partial charge is 0.448 e. The summed E-state index contributed by atoms with van der Waals surface area (Å²) < 4.78 is 23.5. The van der Waals surface area contributed by atoms with E-state index in [0.29, 0.717) is 0 Å². The van der Waals surface area contributed by atoms with Crippen LogP contribution >= 0.6 is 0 Å². The second-order valence-corrected chi connectivity index (χ2v) is 1.95. The Labute approximate surface area is 48.8 Å². The van der Waals surface area contributed by atoms with Crippen molar-refractivity contribution in [2.75, 3.05) is 0 Å². The summed E-state index contributed by atoms with van der Waals surface area (Å²) >= 11 is 0. The highest BCUT2D eigenvalue weighted by atomic mass is 32.2. The van der Waals surface area contributed by atoms with E-state index in [0.717, 1.165) is 0 Å². The van der Waals surface area contributed by atoms with Crippen LogP contribution in [0.15, 0.2) is 4.58 Å². The van der Waals surface area contributed by atoms with Crippen LogP contribution in [-0.4, -0.2) is 13.5 Å². The Morgan fingerprint density at radius 3 is 2.11 bits per heavy atom. The quantitative estimate of drug-likeness (QED) is 0.300. The number of rotatable bonds is 3. The normalized spacial score (nSPS) is 10.2. The summed E-state index contributed by atoms with van der Waals surface area (Å²) in [6.07, 6.45) is 0. The van der Waals surface area contributed by atoms with Crippen molar-refractivity contribution in [1.82, 2.24) is 0 Å². The van der Waals surface area contributed by atoms with Gasteiger partial charge in [0.15, 0.2) is 0 Å². The molecule has 0 N–H and O–H groups in total. The van der Waals surface area contributed by atoms with Crippen molar-refractivity contribution in [3.05, 3.63) is 15.0 Å². The third-order valence-electron chi connectivity index (χ3n) is 0.246. The van der Waals surface area contributed by atoms with E-state index in [1.807, 2.05) is 0 Å². The van der Waals surface area contributed by atoms with Crippen LogP contribution in [0.4, 0.5) is 0 Å². The molecule has 0 aliphatic heterocycles. The number of hydrogen-bond donors (Lipinski definition) is 0. The molecule has 0 atom stereocenters. The number of nitrogens with zero attached hydrogens (tertiary/aromatic N) is 2. The van der Waals surface area contributed by atoms with Crippen molar-refractivity contribution in [3.63, 3.8) is 0 Å². The van der Waals surface area contributed by atoms with Crippen LogP contribution in [0.5, 0.6) is 0 Å². The van der Waals surface area contributed by atoms with Gasteiger partial charge in [0, 0.05) is 0 Å². The van der Waals surface area contributed by atoms with Gasteiger partial charge in [-0.05, 0) is 0 Å². The summed E-state index contributed by atoms with van der Waals surface area (Å²) in [4.78, 5) is 18.3. The van der Waals surface area contributed by atoms with E-state index in [1.54, 1.807) is 0 Å². The predicted octanol–water partition coefficient (Wildman–Crippen LogP) is -0.794. The maximum Gasteiger partial charge on any atom is 0.448 e. The zero-order valence-electron chi connectivity index (χ0n) is 3.75. The fraction of sp³-hybridized carbons (Fsp3) is 0. The van der Waals surface area contributed by atoms with E-state index < -0.39 is 15.4 Å². The highest BCUT2D eigenvalue weighted by Gasteiger charge is 2.14. The Kier molecular flexibility index (Phi) is 2.02. The molecular formula is N2O6S. The van der Waals surface area contributed by atoms with Crippen molar-refractivity contribution in [1.29, 1.82) is 0 Å². The Hall–Kier alpha value is -1.25. The molecule has 0 unspecified atom stereocenters. The first-order valence-corrected chi connectivity index (χ1v) is 2.78. The van der Waals surface area contributed by atoms with Crippen molar-refractivity contribution < 1.29 is 17.8 Å². The van der Waals surface area contributed by atoms with E-state index >= 15 is 0 Å². The molecule has 0 rings (SSSR count). The Balaban J connectivity index is 4.23. The Bertz CT molecular complexity index is 211. The van der Waals surface area contributed by atoms with Crippen LogP contribution in [0.1, 0.15) is 0 Å². The van der Waals surface area contributed by atoms with Crippen LogP contribution in [0.25, 0.3) is 0 Å². The summed E-state index contributed by atoms with van der Waals surface area (Å²) in [5.74, 6) is 0. The lowest BCUT2D eigenvalue weighted by molar-refractivity contribution is -0.711. The molecule has 52 valence electrons. The standard InChI is InChI=1S/N2O6S/c3-1-9(6,7)8-2(4)5. The maximum absolute atomic E-state index is 9.67. The van der Waals surface area contributed by atoms with Gasteiger partial charge in [-0.2, -0.15) is 12.7 Å². The Morgan fingerprint density at radius 2 is 2.00 bits per heavy atom. The van der Waals surface area contributed by atoms with Gasteiger partial charge in [-0.15, -0.1) is 15.0 Å². The molecule has 0 saturated heterocycles. The molecule has 0 heterocycles. The molecule has 0 spiro atoms. The van der Waals surface area contributed by atoms with Crippen molar-refractivity contribution in [2.45, 2.75) is 0 Å². The molecule has 0 bridgehead atoms. The third kappa shape index (κ3) is 3.34. The van der Waals surface area contributed by atoms with Crippen LogP contribution < -0.4 is 0 Å². The third-order valence-corrected chi connectivity index (χ3v) is 0.739. The van der Waals surface area contributed by atoms with Gasteiger partial charge in [0.1, 0.15) is 0 Å². The lowest BCUT2D eigenvalue weighted by Crippen LogP contribution is -2.07. The smallest absolute Gasteiger partial charge is 0.172 e. The summed E-state index contributed by atoms with van der Waals surface area (Å²) in [5, 5.41) is 7.54. The molecule has 0 aromatic carbocycles. The topological polar surface area (TPSA) is 116 Å². The minimum atomic E-state index is -4.85. The molecular weight excluding hydrogens is 156 g/mol. The van der Waals surface area contributed by atoms with E-state index in [1.165, 1.54) is 4.58 Å². The predicted molar refractivity (Wildman–Crippen MR) is 22.8 cm³/mol. The van der Waals surface area contributed by atoms with Gasteiger partial charge in [0.2, 0.25) is 0 Å². The maximum atomic E-state index is 9.67. The minimum absolute atomic E-state index is 1.32. The first kappa shape index (κ1) is 7.75. The highest BCUT2D eigenvalue weighted by molar-refractivity contribution is 7.85. The average molecular weight is 156 g/mol. The molecule has 0 aromatic rings. The van der Waals surface area contributed by atoms with Gasteiger partial charge in [0.05, 0.1) is 4.58 Å². The summed E-state index contributed by atoms with van der Waals surface area (Å²) in [6, 6.07) is 0. The van der Waals surface area contributed by atoms with Crippen LogP contribution in [0, 0.1) is 15.0 Å². The van der Waals surface area contributed by atoms with Crippen molar-refractivity contribution >= 4 is 10.3 Å². The van der Waals surface area contributed by atoms with Crippen molar-refractivity contribution in [3.8, 4) is 0 Å². The fourth-order valence-electron chi connectivity index (χ4n) is 0.0905. The molecule has 9 heavy (non-hydrogen) atoms. The Morgan fingerprint density at radius 1 is 1.56 bits per heavy atom. The second-order valence-electron chi connectivity index (χ2n) is 0.800. The molecule has 8 nitrogen and oxygen atoms in total. The van der Waals surface area contributed by atoms with Gasteiger partial charge in [0.25, 0.3) is 0 Å². The molecule has 0 amide bonds. The van der Waals surface area contributed by atoms with E-state index in [2.05, 4.69) is 4.28 Å². The second kappa shape index (κ2) is 2.35. The van der Waals surface area contributed by atoms with Gasteiger partial charge < -0.3 is 0 Å². The van der Waals surface area contributed by atoms with E-state index in [-0.39, 0.29) is 0 Å². The fourth-order valence-corrected chi connectivity index (χ4v) is 0.272. The zero-order valence-corrected chi connectivity index (χ0v) is 4.57. The monoisotopic (exact) mass is 156 g/mol. The molecule has 0 fully saturated rings. The molecule has 9 heteroatoms. The SMILES string of the molecule is O=NS(=O)(=O)O[N+](=O)[O-]. The minimum Gasteiger partial charge on any atom is -0.172 e. The summed E-state index contributed by atoms with van der Waals surface area (Å²) in [7, 11) is -4.85. The summed E-state index contributed by atoms with van der Waals surface area (Å²) in [6.45, 7) is 0. The van der Waals surface area contributed by atoms with Gasteiger partial charge in [-0.25, -0.2) is 0 Å².